The lowest BCUT2D eigenvalue weighted by molar-refractivity contribution is -0.274. The van der Waals surface area contributed by atoms with Gasteiger partial charge in [0.15, 0.2) is 0 Å². The summed E-state index contributed by atoms with van der Waals surface area (Å²) < 4.78 is 53.2. The van der Waals surface area contributed by atoms with Gasteiger partial charge in [-0.25, -0.2) is 0 Å². The normalized spacial score (nSPS) is 17.6. The van der Waals surface area contributed by atoms with Crippen LogP contribution in [0.15, 0.2) is 23.3 Å². The minimum Gasteiger partial charge on any atom is -0.406 e. The molecule has 0 amide bonds. The van der Waals surface area contributed by atoms with Crippen molar-refractivity contribution >= 4 is 24.0 Å². The number of alkyl halides is 3. The van der Waals surface area contributed by atoms with E-state index in [-0.39, 0.29) is 5.69 Å². The number of nitrogens with zero attached hydrogens (tertiary/aromatic N) is 3. The predicted molar refractivity (Wildman–Crippen MR) is 91.1 cm³/mol. The Labute approximate surface area is 154 Å². The largest absolute Gasteiger partial charge is 0.573 e. The van der Waals surface area contributed by atoms with Crippen LogP contribution in [0.4, 0.5) is 18.9 Å². The molecule has 1 heterocycles. The standard InChI is InChI=1S/C16H16BF3N4O3/c1-14(2)15(3,4)27-17(26-14)12-6-5-11(25-16(18,19)20)7-13(12)24-23-10(8-21)9-22/h5-7,24H,1-4H3. The second-order valence-corrected chi connectivity index (χ2v) is 6.68. The van der Waals surface area contributed by atoms with E-state index in [1.165, 1.54) is 6.07 Å². The lowest BCUT2D eigenvalue weighted by Gasteiger charge is -2.32. The van der Waals surface area contributed by atoms with E-state index < -0.39 is 36.1 Å². The maximum atomic E-state index is 12.5. The molecule has 11 heteroatoms. The van der Waals surface area contributed by atoms with Crippen LogP contribution in [0.25, 0.3) is 0 Å². The van der Waals surface area contributed by atoms with Crippen molar-refractivity contribution in [2.24, 2.45) is 5.10 Å². The number of hydrogen-bond donors (Lipinski definition) is 1. The van der Waals surface area contributed by atoms with Crippen molar-refractivity contribution in [3.63, 3.8) is 0 Å². The van der Waals surface area contributed by atoms with E-state index in [1.807, 2.05) is 27.7 Å². The topological polar surface area (TPSA) is 99.7 Å². The number of halogens is 3. The van der Waals surface area contributed by atoms with Gasteiger partial charge in [0.25, 0.3) is 0 Å². The zero-order valence-electron chi connectivity index (χ0n) is 15.0. The van der Waals surface area contributed by atoms with Gasteiger partial charge in [-0.2, -0.15) is 15.6 Å². The third-order valence-corrected chi connectivity index (χ3v) is 4.27. The number of nitriles is 2. The Balaban J connectivity index is 2.43. The minimum atomic E-state index is -4.88. The summed E-state index contributed by atoms with van der Waals surface area (Å²) in [5, 5.41) is 21.1. The Morgan fingerprint density at radius 1 is 1.15 bits per heavy atom. The quantitative estimate of drug-likeness (QED) is 0.490. The van der Waals surface area contributed by atoms with E-state index in [1.54, 1.807) is 12.1 Å². The maximum Gasteiger partial charge on any atom is 0.573 e. The summed E-state index contributed by atoms with van der Waals surface area (Å²) in [7, 11) is -0.903. The van der Waals surface area contributed by atoms with Gasteiger partial charge in [-0.05, 0) is 33.8 Å². The first kappa shape index (κ1) is 20.6. The molecule has 142 valence electrons. The number of ether oxygens (including phenoxy) is 1. The fourth-order valence-corrected chi connectivity index (χ4v) is 2.20. The van der Waals surface area contributed by atoms with Crippen LogP contribution in [0.5, 0.6) is 5.75 Å². The van der Waals surface area contributed by atoms with Crippen molar-refractivity contribution < 1.29 is 27.2 Å². The summed E-state index contributed by atoms with van der Waals surface area (Å²) in [4.78, 5) is 0. The van der Waals surface area contributed by atoms with E-state index in [0.29, 0.717) is 5.46 Å². The second kappa shape index (κ2) is 7.10. The van der Waals surface area contributed by atoms with Crippen LogP contribution in [-0.4, -0.2) is 30.4 Å². The van der Waals surface area contributed by atoms with Gasteiger partial charge in [-0.3, -0.25) is 5.43 Å². The fourth-order valence-electron chi connectivity index (χ4n) is 2.20. The fraction of sp³-hybridized carbons (Fsp3) is 0.438. The van der Waals surface area contributed by atoms with Gasteiger partial charge in [0, 0.05) is 11.5 Å². The molecule has 0 aromatic heterocycles. The molecule has 1 N–H and O–H groups in total. The summed E-state index contributed by atoms with van der Waals surface area (Å²) in [6.45, 7) is 7.29. The first-order valence-corrected chi connectivity index (χ1v) is 7.78. The maximum absolute atomic E-state index is 12.5. The first-order valence-electron chi connectivity index (χ1n) is 7.78. The molecule has 1 aliphatic heterocycles. The Morgan fingerprint density at radius 2 is 1.70 bits per heavy atom. The highest BCUT2D eigenvalue weighted by molar-refractivity contribution is 6.64. The van der Waals surface area contributed by atoms with Crippen LogP contribution in [0.1, 0.15) is 27.7 Å². The minimum absolute atomic E-state index is 0.0400. The van der Waals surface area contributed by atoms with Crippen molar-refractivity contribution in [2.75, 3.05) is 5.43 Å². The monoisotopic (exact) mass is 380 g/mol. The average molecular weight is 380 g/mol. The summed E-state index contributed by atoms with van der Waals surface area (Å²) >= 11 is 0. The molecular formula is C16H16BF3N4O3. The molecule has 27 heavy (non-hydrogen) atoms. The zero-order valence-corrected chi connectivity index (χ0v) is 15.0. The lowest BCUT2D eigenvalue weighted by atomic mass is 9.78. The number of anilines is 1. The molecule has 1 aromatic rings. The average Bonchev–Trinajstić information content (AvgIpc) is 2.74. The van der Waals surface area contributed by atoms with Crippen LogP contribution >= 0.6 is 0 Å². The molecule has 0 radical (unpaired) electrons. The molecule has 0 unspecified atom stereocenters. The summed E-state index contributed by atoms with van der Waals surface area (Å²) in [5.74, 6) is -0.504. The number of rotatable bonds is 4. The molecule has 1 fully saturated rings. The van der Waals surface area contributed by atoms with Gasteiger partial charge in [0.2, 0.25) is 5.71 Å². The van der Waals surface area contributed by atoms with Crippen LogP contribution in [0, 0.1) is 22.7 Å². The number of benzene rings is 1. The third kappa shape index (κ3) is 4.70. The highest BCUT2D eigenvalue weighted by Gasteiger charge is 2.52. The molecule has 1 aliphatic rings. The van der Waals surface area contributed by atoms with Gasteiger partial charge in [-0.1, -0.05) is 6.07 Å². The summed E-state index contributed by atoms with van der Waals surface area (Å²) in [6, 6.07) is 6.56. The van der Waals surface area contributed by atoms with Crippen molar-refractivity contribution in [3.8, 4) is 17.9 Å². The zero-order chi connectivity index (χ0) is 20.5. The molecular weight excluding hydrogens is 364 g/mol. The second-order valence-electron chi connectivity index (χ2n) is 6.68. The lowest BCUT2D eigenvalue weighted by Crippen LogP contribution is -2.41. The molecule has 0 bridgehead atoms. The van der Waals surface area contributed by atoms with Gasteiger partial charge in [0.05, 0.1) is 16.9 Å². The van der Waals surface area contributed by atoms with Crippen molar-refractivity contribution in [1.82, 2.24) is 0 Å². The smallest absolute Gasteiger partial charge is 0.406 e. The molecule has 7 nitrogen and oxygen atoms in total. The van der Waals surface area contributed by atoms with E-state index in [2.05, 4.69) is 15.3 Å². The van der Waals surface area contributed by atoms with E-state index in [4.69, 9.17) is 19.8 Å². The molecule has 1 aromatic carbocycles. The van der Waals surface area contributed by atoms with E-state index in [0.717, 1.165) is 12.1 Å². The van der Waals surface area contributed by atoms with Crippen molar-refractivity contribution in [1.29, 1.82) is 10.5 Å². The predicted octanol–water partition coefficient (Wildman–Crippen LogP) is 2.70. The molecule has 2 rings (SSSR count). The molecule has 0 saturated carbocycles. The van der Waals surface area contributed by atoms with Gasteiger partial charge in [0.1, 0.15) is 17.9 Å². The number of nitrogens with one attached hydrogen (secondary N) is 1. The highest BCUT2D eigenvalue weighted by atomic mass is 19.4. The van der Waals surface area contributed by atoms with Crippen molar-refractivity contribution in [3.05, 3.63) is 18.2 Å². The molecule has 1 saturated heterocycles. The Kier molecular flexibility index (Phi) is 5.41. The van der Waals surface area contributed by atoms with Gasteiger partial charge < -0.3 is 14.0 Å². The first-order chi connectivity index (χ1) is 12.4. The Morgan fingerprint density at radius 3 is 2.19 bits per heavy atom. The number of hydrazone groups is 1. The van der Waals surface area contributed by atoms with Crippen LogP contribution in [0.3, 0.4) is 0 Å². The van der Waals surface area contributed by atoms with Crippen LogP contribution < -0.4 is 15.6 Å². The van der Waals surface area contributed by atoms with Gasteiger partial charge >= 0.3 is 13.5 Å². The number of hydrogen-bond acceptors (Lipinski definition) is 7. The van der Waals surface area contributed by atoms with Crippen molar-refractivity contribution in [2.45, 2.75) is 45.3 Å². The van der Waals surface area contributed by atoms with E-state index >= 15 is 0 Å². The highest BCUT2D eigenvalue weighted by Crippen LogP contribution is 2.37. The SMILES string of the molecule is CC1(C)OB(c2ccc(OC(F)(F)F)cc2NN=C(C#N)C#N)OC1(C)C. The van der Waals surface area contributed by atoms with Crippen LogP contribution in [0.2, 0.25) is 0 Å². The Hall–Kier alpha value is -2.76. The van der Waals surface area contributed by atoms with E-state index in [9.17, 15) is 13.2 Å². The molecule has 0 atom stereocenters. The third-order valence-electron chi connectivity index (χ3n) is 4.27. The van der Waals surface area contributed by atoms with Gasteiger partial charge in [-0.15, -0.1) is 13.2 Å². The molecule has 0 spiro atoms. The summed E-state index contributed by atoms with van der Waals surface area (Å²) in [6.07, 6.45) is -4.88. The van der Waals surface area contributed by atoms with Crippen LogP contribution in [-0.2, 0) is 9.31 Å². The summed E-state index contributed by atoms with van der Waals surface area (Å²) in [5.41, 5.74) is 0.928. The Bertz CT molecular complexity index is 809. The molecule has 0 aliphatic carbocycles.